The van der Waals surface area contributed by atoms with Crippen molar-refractivity contribution >= 4 is 21.2 Å². The van der Waals surface area contributed by atoms with Gasteiger partial charge in [-0.25, -0.2) is 13.4 Å². The van der Waals surface area contributed by atoms with Gasteiger partial charge in [0.2, 0.25) is 5.89 Å². The van der Waals surface area contributed by atoms with E-state index in [-0.39, 0.29) is 11.5 Å². The number of sulfone groups is 1. The van der Waals surface area contributed by atoms with Crippen LogP contribution in [0.15, 0.2) is 58.5 Å². The number of nitrogens with zero attached hydrogens (tertiary/aromatic N) is 1. The smallest absolute Gasteiger partial charge is 0.236 e. The Morgan fingerprint density at radius 2 is 1.96 bits per heavy atom. The zero-order valence-corrected chi connectivity index (χ0v) is 13.8. The first-order valence-corrected chi connectivity index (χ1v) is 9.65. The molecule has 0 spiro atoms. The monoisotopic (exact) mass is 349 g/mol. The van der Waals surface area contributed by atoms with Gasteiger partial charge in [-0.3, -0.25) is 0 Å². The van der Waals surface area contributed by atoms with Gasteiger partial charge >= 0.3 is 0 Å². The van der Waals surface area contributed by atoms with Crippen LogP contribution in [0, 0.1) is 0 Å². The van der Waals surface area contributed by atoms with Crippen molar-refractivity contribution in [2.75, 3.05) is 5.75 Å². The van der Waals surface area contributed by atoms with Crippen molar-refractivity contribution in [3.8, 4) is 10.8 Å². The van der Waals surface area contributed by atoms with Gasteiger partial charge in [-0.2, -0.15) is 0 Å². The van der Waals surface area contributed by atoms with Crippen LogP contribution in [0.1, 0.15) is 17.4 Å². The molecule has 0 aliphatic heterocycles. The van der Waals surface area contributed by atoms with Crippen LogP contribution in [0.4, 0.5) is 0 Å². The third kappa shape index (κ3) is 4.07. The summed E-state index contributed by atoms with van der Waals surface area (Å²) in [4.78, 5) is 5.05. The predicted octanol–water partition coefficient (Wildman–Crippen LogP) is 3.05. The normalized spacial score (nSPS) is 13.1. The van der Waals surface area contributed by atoms with Crippen molar-refractivity contribution in [1.29, 1.82) is 0 Å². The molecule has 2 aromatic heterocycles. The molecule has 0 amide bonds. The van der Waals surface area contributed by atoms with Crippen LogP contribution in [0.5, 0.6) is 0 Å². The zero-order valence-electron chi connectivity index (χ0n) is 12.1. The molecular weight excluding hydrogens is 334 g/mol. The summed E-state index contributed by atoms with van der Waals surface area (Å²) < 4.78 is 29.8. The lowest BCUT2D eigenvalue weighted by atomic mass is 10.1. The van der Waals surface area contributed by atoms with Gasteiger partial charge in [0.25, 0.3) is 0 Å². The average molecular weight is 349 g/mol. The number of hydrogen-bond acceptors (Lipinski definition) is 6. The molecule has 0 radical (unpaired) electrons. The van der Waals surface area contributed by atoms with Gasteiger partial charge < -0.3 is 9.52 Å². The Bertz CT molecular complexity index is 855. The highest BCUT2D eigenvalue weighted by atomic mass is 32.2. The number of hydrogen-bond donors (Lipinski definition) is 1. The van der Waals surface area contributed by atoms with E-state index in [9.17, 15) is 13.5 Å². The summed E-state index contributed by atoms with van der Waals surface area (Å²) >= 11 is 1.47. The van der Waals surface area contributed by atoms with Crippen LogP contribution < -0.4 is 0 Å². The molecule has 0 saturated heterocycles. The van der Waals surface area contributed by atoms with Crippen LogP contribution in [-0.4, -0.2) is 24.3 Å². The second kappa shape index (κ2) is 6.66. The van der Waals surface area contributed by atoms with Crippen molar-refractivity contribution in [3.63, 3.8) is 0 Å². The summed E-state index contributed by atoms with van der Waals surface area (Å²) in [6, 6.07) is 12.5. The van der Waals surface area contributed by atoms with E-state index in [4.69, 9.17) is 4.42 Å². The largest absolute Gasteiger partial charge is 0.444 e. The lowest BCUT2D eigenvalue weighted by Crippen LogP contribution is -2.16. The number of oxazole rings is 1. The summed E-state index contributed by atoms with van der Waals surface area (Å²) in [5.74, 6) is -0.196. The first-order valence-electron chi connectivity index (χ1n) is 6.95. The second-order valence-corrected chi connectivity index (χ2v) is 8.16. The lowest BCUT2D eigenvalue weighted by molar-refractivity contribution is 0.201. The van der Waals surface area contributed by atoms with Gasteiger partial charge in [-0.15, -0.1) is 11.3 Å². The molecule has 1 aromatic carbocycles. The number of aliphatic hydroxyl groups is 1. The highest BCUT2D eigenvalue weighted by Crippen LogP contribution is 2.24. The maximum Gasteiger partial charge on any atom is 0.236 e. The minimum absolute atomic E-state index is 0.258. The van der Waals surface area contributed by atoms with Crippen LogP contribution in [0.3, 0.4) is 0 Å². The second-order valence-electron chi connectivity index (χ2n) is 5.10. The minimum atomic E-state index is -3.51. The molecule has 3 rings (SSSR count). The topological polar surface area (TPSA) is 80.4 Å². The van der Waals surface area contributed by atoms with Crippen LogP contribution >= 0.6 is 11.3 Å². The highest BCUT2D eigenvalue weighted by molar-refractivity contribution is 7.90. The molecule has 7 heteroatoms. The fourth-order valence-corrected chi connectivity index (χ4v) is 4.21. The van der Waals surface area contributed by atoms with E-state index in [0.29, 0.717) is 17.1 Å². The van der Waals surface area contributed by atoms with E-state index in [1.807, 2.05) is 23.6 Å². The number of aromatic nitrogens is 1. The Balaban J connectivity index is 1.69. The molecule has 0 aliphatic rings. The third-order valence-corrected chi connectivity index (χ3v) is 5.66. The Morgan fingerprint density at radius 3 is 2.65 bits per heavy atom. The molecule has 0 saturated carbocycles. The molecule has 120 valence electrons. The lowest BCUT2D eigenvalue weighted by Gasteiger charge is -2.10. The number of thiophene rings is 1. The summed E-state index contributed by atoms with van der Waals surface area (Å²) in [5, 5.41) is 12.0. The Morgan fingerprint density at radius 1 is 1.17 bits per heavy atom. The van der Waals surface area contributed by atoms with Gasteiger partial charge in [-0.1, -0.05) is 36.4 Å². The Hall–Kier alpha value is -1.96. The molecule has 1 N–H and O–H groups in total. The van der Waals surface area contributed by atoms with E-state index >= 15 is 0 Å². The van der Waals surface area contributed by atoms with E-state index in [0.717, 1.165) is 4.88 Å². The van der Waals surface area contributed by atoms with Crippen LogP contribution in [-0.2, 0) is 15.6 Å². The highest BCUT2D eigenvalue weighted by Gasteiger charge is 2.21. The van der Waals surface area contributed by atoms with Crippen LogP contribution in [0.2, 0.25) is 0 Å². The van der Waals surface area contributed by atoms with Crippen molar-refractivity contribution in [1.82, 2.24) is 4.98 Å². The maximum atomic E-state index is 12.2. The minimum Gasteiger partial charge on any atom is -0.444 e. The molecule has 0 aliphatic carbocycles. The molecule has 5 nitrogen and oxygen atoms in total. The van der Waals surface area contributed by atoms with E-state index in [1.54, 1.807) is 24.3 Å². The Labute approximate surface area is 138 Å². The van der Waals surface area contributed by atoms with E-state index < -0.39 is 15.9 Å². The molecule has 3 aromatic rings. The quantitative estimate of drug-likeness (QED) is 0.740. The fourth-order valence-electron chi connectivity index (χ4n) is 2.18. The SMILES string of the molecule is O=S(=O)(Cc1coc(-c2cccs2)n1)CC(O)c1ccccc1. The Kier molecular flexibility index (Phi) is 4.61. The van der Waals surface area contributed by atoms with Gasteiger partial charge in [0, 0.05) is 0 Å². The van der Waals surface area contributed by atoms with Crippen LogP contribution in [0.25, 0.3) is 10.8 Å². The maximum absolute atomic E-state index is 12.2. The first-order chi connectivity index (χ1) is 11.0. The average Bonchev–Trinajstić information content (AvgIpc) is 3.18. The van der Waals surface area contributed by atoms with Gasteiger partial charge in [0.1, 0.15) is 6.26 Å². The van der Waals surface area contributed by atoms with Crippen molar-refractivity contribution < 1.29 is 17.9 Å². The standard InChI is InChI=1S/C16H15NO4S2/c18-14(12-5-2-1-3-6-12)11-23(19,20)10-13-9-21-16(17-13)15-7-4-8-22-15/h1-9,14,18H,10-11H2. The van der Waals surface area contributed by atoms with Gasteiger partial charge in [-0.05, 0) is 17.0 Å². The van der Waals surface area contributed by atoms with E-state index in [2.05, 4.69) is 4.98 Å². The summed E-state index contributed by atoms with van der Waals surface area (Å²) in [6.45, 7) is 0. The molecule has 1 atom stereocenters. The molecule has 0 fully saturated rings. The number of aliphatic hydroxyl groups excluding tert-OH is 1. The van der Waals surface area contributed by atoms with Gasteiger partial charge in [0.05, 0.1) is 28.2 Å². The summed E-state index contributed by atoms with van der Waals surface area (Å²) in [6.07, 6.45) is 0.298. The van der Waals surface area contributed by atoms with E-state index in [1.165, 1.54) is 17.6 Å². The summed E-state index contributed by atoms with van der Waals surface area (Å²) in [7, 11) is -3.51. The third-order valence-electron chi connectivity index (χ3n) is 3.25. The van der Waals surface area contributed by atoms with Crippen molar-refractivity contribution in [3.05, 3.63) is 65.4 Å². The number of rotatable bonds is 6. The van der Waals surface area contributed by atoms with Crippen molar-refractivity contribution in [2.24, 2.45) is 0 Å². The molecular formula is C16H15NO4S2. The van der Waals surface area contributed by atoms with Crippen molar-refractivity contribution in [2.45, 2.75) is 11.9 Å². The predicted molar refractivity (Wildman–Crippen MR) is 88.7 cm³/mol. The summed E-state index contributed by atoms with van der Waals surface area (Å²) in [5.41, 5.74) is 0.921. The number of benzene rings is 1. The molecule has 1 unspecified atom stereocenters. The molecule has 23 heavy (non-hydrogen) atoms. The molecule has 2 heterocycles. The fraction of sp³-hybridized carbons (Fsp3) is 0.188. The zero-order chi connectivity index (χ0) is 16.3. The molecule has 0 bridgehead atoms. The first kappa shape index (κ1) is 15.9. The van der Waals surface area contributed by atoms with Gasteiger partial charge in [0.15, 0.2) is 9.84 Å².